The van der Waals surface area contributed by atoms with Crippen LogP contribution < -0.4 is 10.2 Å². The third-order valence-corrected chi connectivity index (χ3v) is 5.67. The molecule has 4 aromatic rings. The molecule has 0 saturated carbocycles. The van der Waals surface area contributed by atoms with E-state index >= 15 is 0 Å². The predicted molar refractivity (Wildman–Crippen MR) is 124 cm³/mol. The first-order valence-corrected chi connectivity index (χ1v) is 10.9. The Balaban J connectivity index is 1.37. The van der Waals surface area contributed by atoms with Gasteiger partial charge in [-0.3, -0.25) is 14.6 Å². The van der Waals surface area contributed by atoms with Crippen LogP contribution in [0, 0.1) is 0 Å². The quantitative estimate of drug-likeness (QED) is 0.306. The third kappa shape index (κ3) is 4.69. The van der Waals surface area contributed by atoms with Crippen molar-refractivity contribution in [3.8, 4) is 0 Å². The van der Waals surface area contributed by atoms with Crippen molar-refractivity contribution in [3.05, 3.63) is 59.4 Å². The lowest BCUT2D eigenvalue weighted by atomic mass is 10.1. The molecule has 1 N–H and O–H groups in total. The molecule has 0 aliphatic carbocycles. The van der Waals surface area contributed by atoms with Gasteiger partial charge in [0.05, 0.1) is 16.7 Å². The van der Waals surface area contributed by atoms with Gasteiger partial charge in [-0.1, -0.05) is 35.0 Å². The number of rotatable bonds is 3. The Morgan fingerprint density at radius 3 is 2.54 bits per heavy atom. The van der Waals surface area contributed by atoms with Gasteiger partial charge in [0, 0.05) is 36.6 Å². The zero-order valence-corrected chi connectivity index (χ0v) is 18.7. The van der Waals surface area contributed by atoms with Crippen molar-refractivity contribution in [2.45, 2.75) is 19.0 Å². The number of anilines is 2. The number of carbonyl (C=O) groups excluding carboxylic acids is 1. The van der Waals surface area contributed by atoms with Crippen molar-refractivity contribution in [1.82, 2.24) is 19.6 Å². The average molecular weight is 504 g/mol. The molecule has 0 atom stereocenters. The summed E-state index contributed by atoms with van der Waals surface area (Å²) in [7, 11) is 0. The smallest absolute Gasteiger partial charge is 0.353 e. The maximum atomic E-state index is 13.6. The minimum Gasteiger partial charge on any atom is -0.353 e. The molecule has 13 heteroatoms. The number of aromatic nitrogens is 4. The van der Waals surface area contributed by atoms with E-state index < -0.39 is 18.1 Å². The van der Waals surface area contributed by atoms with Crippen LogP contribution in [0.25, 0.3) is 16.7 Å². The molecule has 1 amide bonds. The van der Waals surface area contributed by atoms with E-state index in [0.717, 1.165) is 4.40 Å². The van der Waals surface area contributed by atoms with Gasteiger partial charge in [-0.15, -0.1) is 10.2 Å². The summed E-state index contributed by atoms with van der Waals surface area (Å²) in [5.74, 6) is -0.884. The summed E-state index contributed by atoms with van der Waals surface area (Å²) in [5, 5.41) is 13.9. The van der Waals surface area contributed by atoms with Gasteiger partial charge in [0.15, 0.2) is 5.82 Å². The van der Waals surface area contributed by atoms with E-state index in [1.165, 1.54) is 6.07 Å². The fraction of sp³-hybridized carbons (Fsp3) is 0.227. The highest BCUT2D eigenvalue weighted by Gasteiger charge is 2.38. The first-order valence-electron chi connectivity index (χ1n) is 10.5. The molecule has 1 saturated heterocycles. The summed E-state index contributed by atoms with van der Waals surface area (Å²) < 4.78 is 41.9. The molecule has 0 radical (unpaired) electrons. The number of para-hydroxylation sites is 1. The number of halogens is 4. The number of amides is 1. The van der Waals surface area contributed by atoms with Gasteiger partial charge in [0.2, 0.25) is 11.5 Å². The second-order valence-corrected chi connectivity index (χ2v) is 8.20. The van der Waals surface area contributed by atoms with E-state index in [-0.39, 0.29) is 22.0 Å². The average Bonchev–Trinajstić information content (AvgIpc) is 3.30. The zero-order valence-electron chi connectivity index (χ0n) is 18.0. The van der Waals surface area contributed by atoms with Crippen LogP contribution in [0.1, 0.15) is 18.7 Å². The normalized spacial score (nSPS) is 14.4. The van der Waals surface area contributed by atoms with E-state index in [1.54, 1.807) is 41.3 Å². The highest BCUT2D eigenvalue weighted by molar-refractivity contribution is 6.31. The largest absolute Gasteiger partial charge is 0.452 e. The van der Waals surface area contributed by atoms with Gasteiger partial charge in [0.25, 0.3) is 0 Å². The van der Waals surface area contributed by atoms with Gasteiger partial charge in [-0.2, -0.15) is 13.2 Å². The zero-order chi connectivity index (χ0) is 24.6. The molecule has 9 nitrogen and oxygen atoms in total. The molecule has 35 heavy (non-hydrogen) atoms. The van der Waals surface area contributed by atoms with Crippen LogP contribution in [0.3, 0.4) is 0 Å². The summed E-state index contributed by atoms with van der Waals surface area (Å²) in [5.41, 5.74) is 1.68. The van der Waals surface area contributed by atoms with Gasteiger partial charge in [-0.25, -0.2) is 9.78 Å². The van der Waals surface area contributed by atoms with E-state index in [9.17, 15) is 18.0 Å². The Morgan fingerprint density at radius 1 is 1.09 bits per heavy atom. The number of hydrogen-bond acceptors (Lipinski definition) is 7. The fourth-order valence-electron chi connectivity index (χ4n) is 3.82. The number of piperidine rings is 1. The number of benzene rings is 2. The van der Waals surface area contributed by atoms with Crippen LogP contribution in [0.2, 0.25) is 5.02 Å². The molecule has 1 aliphatic heterocycles. The highest BCUT2D eigenvalue weighted by Crippen LogP contribution is 2.34. The SMILES string of the molecule is O=C(Nc1ccccc1)ON=C1CCN(c2nc3ccc(Cl)cc3n3c(C(F)(F)F)nnc23)CC1. The fourth-order valence-corrected chi connectivity index (χ4v) is 3.99. The van der Waals surface area contributed by atoms with Crippen LogP contribution in [0.5, 0.6) is 0 Å². The van der Waals surface area contributed by atoms with E-state index in [2.05, 4.69) is 25.7 Å². The highest BCUT2D eigenvalue weighted by atomic mass is 35.5. The second-order valence-electron chi connectivity index (χ2n) is 7.76. The first-order chi connectivity index (χ1) is 16.8. The van der Waals surface area contributed by atoms with Crippen molar-refractivity contribution >= 4 is 51.6 Å². The minimum atomic E-state index is -4.72. The lowest BCUT2D eigenvalue weighted by molar-refractivity contribution is -0.145. The van der Waals surface area contributed by atoms with E-state index in [1.807, 2.05) is 6.07 Å². The number of fused-ring (bicyclic) bond motifs is 3. The standard InChI is InChI=1S/C22H17ClF3N7O2/c23-13-6-7-16-17(12-13)33-19(29-30-20(33)22(24,25)26)18(28-16)32-10-8-15(9-11-32)31-35-21(34)27-14-4-2-1-3-5-14/h1-7,12H,8-11H2,(H,27,34). The maximum Gasteiger partial charge on any atom is 0.452 e. The number of nitrogens with one attached hydrogen (secondary N) is 1. The summed E-state index contributed by atoms with van der Waals surface area (Å²) >= 11 is 6.03. The molecule has 1 fully saturated rings. The number of oxime groups is 1. The maximum absolute atomic E-state index is 13.6. The molecule has 0 unspecified atom stereocenters. The summed E-state index contributed by atoms with van der Waals surface area (Å²) in [4.78, 5) is 23.2. The Hall–Kier alpha value is -3.93. The van der Waals surface area contributed by atoms with Crippen molar-refractivity contribution in [1.29, 1.82) is 0 Å². The van der Waals surface area contributed by atoms with Crippen LogP contribution in [-0.2, 0) is 11.0 Å². The lowest BCUT2D eigenvalue weighted by Crippen LogP contribution is -2.35. The number of hydrogen-bond donors (Lipinski definition) is 1. The van der Waals surface area contributed by atoms with E-state index in [0.29, 0.717) is 42.8 Å². The van der Waals surface area contributed by atoms with Gasteiger partial charge in [-0.05, 0) is 30.3 Å². The van der Waals surface area contributed by atoms with Gasteiger partial charge in [0.1, 0.15) is 0 Å². The van der Waals surface area contributed by atoms with Gasteiger partial charge < -0.3 is 4.90 Å². The molecule has 0 bridgehead atoms. The Bertz CT molecular complexity index is 1430. The monoisotopic (exact) mass is 503 g/mol. The molecule has 2 aromatic carbocycles. The molecule has 0 spiro atoms. The summed E-state index contributed by atoms with van der Waals surface area (Å²) in [6, 6.07) is 13.3. The number of carbonyl (C=O) groups is 1. The molecule has 1 aliphatic rings. The van der Waals surface area contributed by atoms with Crippen molar-refractivity contribution < 1.29 is 22.8 Å². The molecule has 2 aromatic heterocycles. The Morgan fingerprint density at radius 2 is 1.83 bits per heavy atom. The topological polar surface area (TPSA) is 97.0 Å². The van der Waals surface area contributed by atoms with Crippen LogP contribution in [0.4, 0.5) is 29.5 Å². The van der Waals surface area contributed by atoms with Crippen LogP contribution >= 0.6 is 11.6 Å². The van der Waals surface area contributed by atoms with Gasteiger partial charge >= 0.3 is 12.3 Å². The van der Waals surface area contributed by atoms with E-state index in [4.69, 9.17) is 16.4 Å². The van der Waals surface area contributed by atoms with Crippen molar-refractivity contribution in [3.63, 3.8) is 0 Å². The molecular formula is C22H17ClF3N7O2. The minimum absolute atomic E-state index is 0.0223. The molecular weight excluding hydrogens is 487 g/mol. The molecule has 180 valence electrons. The molecule has 3 heterocycles. The number of alkyl halides is 3. The van der Waals surface area contributed by atoms with Crippen LogP contribution in [-0.4, -0.2) is 44.5 Å². The number of nitrogens with zero attached hydrogens (tertiary/aromatic N) is 6. The summed E-state index contributed by atoms with van der Waals surface area (Å²) in [6.45, 7) is 0.775. The molecule has 5 rings (SSSR count). The lowest BCUT2D eigenvalue weighted by Gasteiger charge is -2.28. The van der Waals surface area contributed by atoms with Crippen molar-refractivity contribution in [2.75, 3.05) is 23.3 Å². The Kier molecular flexibility index (Phi) is 5.89. The predicted octanol–water partition coefficient (Wildman–Crippen LogP) is 5.15. The third-order valence-electron chi connectivity index (χ3n) is 5.44. The van der Waals surface area contributed by atoms with Crippen LogP contribution in [0.15, 0.2) is 53.7 Å². The Labute approximate surface area is 201 Å². The van der Waals surface area contributed by atoms with Crippen molar-refractivity contribution in [2.24, 2.45) is 5.16 Å². The first kappa shape index (κ1) is 22.8. The summed E-state index contributed by atoms with van der Waals surface area (Å²) in [6.07, 6.45) is -4.59. The second kappa shape index (κ2) is 9.02.